The van der Waals surface area contributed by atoms with Gasteiger partial charge in [0.25, 0.3) is 0 Å². The van der Waals surface area contributed by atoms with E-state index in [4.69, 9.17) is 0 Å². The molecule has 0 aliphatic carbocycles. The van der Waals surface area contributed by atoms with Crippen molar-refractivity contribution in [2.45, 2.75) is 52.5 Å². The van der Waals surface area contributed by atoms with Gasteiger partial charge in [0.1, 0.15) is 5.82 Å². The van der Waals surface area contributed by atoms with Gasteiger partial charge in [0.05, 0.1) is 0 Å². The van der Waals surface area contributed by atoms with Crippen LogP contribution in [0.3, 0.4) is 0 Å². The lowest BCUT2D eigenvalue weighted by atomic mass is 10.1. The van der Waals surface area contributed by atoms with E-state index in [0.29, 0.717) is 18.4 Å². The molecule has 0 spiro atoms. The molecule has 4 heteroatoms. The van der Waals surface area contributed by atoms with Crippen LogP contribution in [0.15, 0.2) is 6.20 Å². The summed E-state index contributed by atoms with van der Waals surface area (Å²) in [5, 5.41) is 0. The zero-order valence-electron chi connectivity index (χ0n) is 11.8. The van der Waals surface area contributed by atoms with Crippen LogP contribution in [0.25, 0.3) is 0 Å². The number of carbonyl (C=O) groups is 1. The van der Waals surface area contributed by atoms with Crippen LogP contribution in [0, 0.1) is 6.92 Å². The molecule has 18 heavy (non-hydrogen) atoms. The minimum atomic E-state index is 0.261. The zero-order chi connectivity index (χ0) is 13.3. The minimum Gasteiger partial charge on any atom is -0.342 e. The largest absolute Gasteiger partial charge is 0.342 e. The van der Waals surface area contributed by atoms with E-state index in [9.17, 15) is 4.79 Å². The lowest BCUT2D eigenvalue weighted by Gasteiger charge is -2.19. The van der Waals surface area contributed by atoms with Crippen LogP contribution in [-0.2, 0) is 4.79 Å². The molecule has 0 aromatic carbocycles. The molecule has 2 heterocycles. The molecule has 4 nitrogen and oxygen atoms in total. The molecule has 1 aliphatic rings. The molecule has 1 aromatic rings. The summed E-state index contributed by atoms with van der Waals surface area (Å²) in [7, 11) is 0. The van der Waals surface area contributed by atoms with Gasteiger partial charge in [-0.25, -0.2) is 4.98 Å². The molecule has 1 unspecified atom stereocenters. The Morgan fingerprint density at radius 3 is 2.89 bits per heavy atom. The van der Waals surface area contributed by atoms with Gasteiger partial charge >= 0.3 is 0 Å². The second-order valence-electron chi connectivity index (χ2n) is 5.40. The van der Waals surface area contributed by atoms with Crippen molar-refractivity contribution in [1.82, 2.24) is 14.5 Å². The van der Waals surface area contributed by atoms with Crippen LogP contribution in [0.5, 0.6) is 0 Å². The Balaban J connectivity index is 2.17. The van der Waals surface area contributed by atoms with E-state index in [1.54, 1.807) is 0 Å². The number of likely N-dealkylation sites (tertiary alicyclic amines) is 1. The molecule has 100 valence electrons. The number of carbonyl (C=O) groups excluding carboxylic acids is 1. The lowest BCUT2D eigenvalue weighted by molar-refractivity contribution is -0.129. The highest BCUT2D eigenvalue weighted by Crippen LogP contribution is 2.29. The number of rotatable bonds is 3. The van der Waals surface area contributed by atoms with Gasteiger partial charge in [-0.3, -0.25) is 4.79 Å². The number of hydrogen-bond acceptors (Lipinski definition) is 2. The van der Waals surface area contributed by atoms with Gasteiger partial charge in [0, 0.05) is 43.4 Å². The van der Waals surface area contributed by atoms with Crippen LogP contribution in [0.1, 0.15) is 57.1 Å². The van der Waals surface area contributed by atoms with Crippen LogP contribution in [-0.4, -0.2) is 33.4 Å². The summed E-state index contributed by atoms with van der Waals surface area (Å²) in [6.07, 6.45) is 3.58. The Morgan fingerprint density at radius 2 is 2.28 bits per heavy atom. The van der Waals surface area contributed by atoms with Gasteiger partial charge < -0.3 is 9.47 Å². The molecule has 1 saturated heterocycles. The van der Waals surface area contributed by atoms with Crippen molar-refractivity contribution in [3.05, 3.63) is 17.7 Å². The molecular formula is C14H23N3O. The molecular weight excluding hydrogens is 226 g/mol. The molecule has 1 aromatic heterocycles. The Hall–Kier alpha value is -1.32. The Bertz CT molecular complexity index is 436. The average Bonchev–Trinajstić information content (AvgIpc) is 2.93. The van der Waals surface area contributed by atoms with E-state index < -0.39 is 0 Å². The second kappa shape index (κ2) is 5.12. The van der Waals surface area contributed by atoms with Crippen molar-refractivity contribution in [3.63, 3.8) is 0 Å². The predicted molar refractivity (Wildman–Crippen MR) is 71.6 cm³/mol. The van der Waals surface area contributed by atoms with Crippen molar-refractivity contribution >= 4 is 5.91 Å². The normalized spacial score (nSPS) is 19.8. The third-order valence-corrected chi connectivity index (χ3v) is 3.74. The van der Waals surface area contributed by atoms with Crippen LogP contribution in [0.2, 0.25) is 0 Å². The first-order valence-electron chi connectivity index (χ1n) is 6.86. The topological polar surface area (TPSA) is 38.1 Å². The molecule has 2 rings (SSSR count). The first-order valence-corrected chi connectivity index (χ1v) is 6.86. The van der Waals surface area contributed by atoms with E-state index in [2.05, 4.69) is 30.3 Å². The summed E-state index contributed by atoms with van der Waals surface area (Å²) in [6, 6.07) is 0.429. The number of aryl methyl sites for hydroxylation is 1. The van der Waals surface area contributed by atoms with Crippen LogP contribution in [0.4, 0.5) is 0 Å². The first kappa shape index (κ1) is 13.1. The van der Waals surface area contributed by atoms with Crippen molar-refractivity contribution in [2.75, 3.05) is 13.1 Å². The highest BCUT2D eigenvalue weighted by molar-refractivity contribution is 5.76. The number of amides is 1. The number of aromatic nitrogens is 2. The quantitative estimate of drug-likeness (QED) is 0.825. The molecule has 0 N–H and O–H groups in total. The summed E-state index contributed by atoms with van der Waals surface area (Å²) in [5.74, 6) is 1.81. The van der Waals surface area contributed by atoms with Gasteiger partial charge in [-0.15, -0.1) is 0 Å². The standard InChI is InChI=1S/C14H23N3O/c1-5-13(18)16-7-6-12(9-16)14-15-8-11(4)17(14)10(2)3/h8,10,12H,5-7,9H2,1-4H3. The van der Waals surface area contributed by atoms with E-state index in [1.165, 1.54) is 5.69 Å². The Kier molecular flexibility index (Phi) is 3.73. The third-order valence-electron chi connectivity index (χ3n) is 3.74. The fourth-order valence-electron chi connectivity index (χ4n) is 2.86. The summed E-state index contributed by atoms with van der Waals surface area (Å²) in [5.41, 5.74) is 1.21. The summed E-state index contributed by atoms with van der Waals surface area (Å²) < 4.78 is 2.30. The molecule has 1 amide bonds. The van der Waals surface area contributed by atoms with Gasteiger partial charge in [-0.1, -0.05) is 6.92 Å². The fourth-order valence-corrected chi connectivity index (χ4v) is 2.86. The lowest BCUT2D eigenvalue weighted by Crippen LogP contribution is -2.27. The molecule has 1 fully saturated rings. The van der Waals surface area contributed by atoms with E-state index in [1.807, 2.05) is 18.0 Å². The fraction of sp³-hybridized carbons (Fsp3) is 0.714. The second-order valence-corrected chi connectivity index (χ2v) is 5.40. The smallest absolute Gasteiger partial charge is 0.222 e. The summed E-state index contributed by atoms with van der Waals surface area (Å²) in [4.78, 5) is 18.2. The number of imidazole rings is 1. The van der Waals surface area contributed by atoms with Crippen LogP contribution < -0.4 is 0 Å². The average molecular weight is 249 g/mol. The molecule has 0 saturated carbocycles. The Labute approximate surface area is 109 Å². The number of hydrogen-bond donors (Lipinski definition) is 0. The SMILES string of the molecule is CCC(=O)N1CCC(c2ncc(C)n2C(C)C)C1. The maximum Gasteiger partial charge on any atom is 0.222 e. The highest BCUT2D eigenvalue weighted by atomic mass is 16.2. The first-order chi connectivity index (χ1) is 8.54. The molecule has 1 aliphatic heterocycles. The minimum absolute atomic E-state index is 0.261. The van der Waals surface area contributed by atoms with Crippen LogP contribution >= 0.6 is 0 Å². The van der Waals surface area contributed by atoms with Gasteiger partial charge in [0.2, 0.25) is 5.91 Å². The molecule has 0 bridgehead atoms. The Morgan fingerprint density at radius 1 is 1.56 bits per heavy atom. The number of nitrogens with zero attached hydrogens (tertiary/aromatic N) is 3. The monoisotopic (exact) mass is 249 g/mol. The van der Waals surface area contributed by atoms with Crippen molar-refractivity contribution in [3.8, 4) is 0 Å². The van der Waals surface area contributed by atoms with E-state index in [0.717, 1.165) is 25.3 Å². The third kappa shape index (κ3) is 2.28. The van der Waals surface area contributed by atoms with Gasteiger partial charge in [-0.05, 0) is 27.2 Å². The summed E-state index contributed by atoms with van der Waals surface area (Å²) in [6.45, 7) is 10.1. The van der Waals surface area contributed by atoms with E-state index >= 15 is 0 Å². The summed E-state index contributed by atoms with van der Waals surface area (Å²) >= 11 is 0. The van der Waals surface area contributed by atoms with E-state index in [-0.39, 0.29) is 5.91 Å². The molecule has 1 atom stereocenters. The van der Waals surface area contributed by atoms with Gasteiger partial charge in [-0.2, -0.15) is 0 Å². The maximum absolute atomic E-state index is 11.7. The van der Waals surface area contributed by atoms with Crippen molar-refractivity contribution < 1.29 is 4.79 Å². The predicted octanol–water partition coefficient (Wildman–Crippen LogP) is 2.50. The van der Waals surface area contributed by atoms with Gasteiger partial charge in [0.15, 0.2) is 0 Å². The highest BCUT2D eigenvalue weighted by Gasteiger charge is 2.30. The van der Waals surface area contributed by atoms with Crippen molar-refractivity contribution in [2.24, 2.45) is 0 Å². The van der Waals surface area contributed by atoms with Crippen molar-refractivity contribution in [1.29, 1.82) is 0 Å². The maximum atomic E-state index is 11.7. The molecule has 0 radical (unpaired) electrons. The zero-order valence-corrected chi connectivity index (χ0v) is 11.8.